The Morgan fingerprint density at radius 2 is 2.40 bits per heavy atom. The lowest BCUT2D eigenvalue weighted by atomic mass is 9.81. The van der Waals surface area contributed by atoms with E-state index >= 15 is 0 Å². The smallest absolute Gasteiger partial charge is 0.133 e. The molecule has 2 aliphatic rings. The first-order valence-electron chi connectivity index (χ1n) is 4.04. The molecule has 0 aliphatic heterocycles. The molecule has 0 aromatic heterocycles. The molecule has 2 unspecified atom stereocenters. The van der Waals surface area contributed by atoms with Gasteiger partial charge in [0.25, 0.3) is 0 Å². The average molecular weight is 136 g/mol. The number of ketones is 1. The van der Waals surface area contributed by atoms with E-state index in [2.05, 4.69) is 12.2 Å². The number of rotatable bonds is 0. The SMILES string of the molecule is O=C1CCC2C=CCC2C1. The molecule has 1 heteroatoms. The molecule has 54 valence electrons. The Hall–Kier alpha value is -0.590. The van der Waals surface area contributed by atoms with Crippen molar-refractivity contribution in [2.24, 2.45) is 11.8 Å². The molecule has 0 aromatic carbocycles. The predicted molar refractivity (Wildman–Crippen MR) is 39.6 cm³/mol. The highest BCUT2D eigenvalue weighted by Crippen LogP contribution is 2.35. The van der Waals surface area contributed by atoms with Gasteiger partial charge in [-0.25, -0.2) is 0 Å². The highest BCUT2D eigenvalue weighted by molar-refractivity contribution is 5.79. The standard InChI is InChI=1S/C9H12O/c10-9-5-4-7-2-1-3-8(7)6-9/h1-2,7-8H,3-6H2. The monoisotopic (exact) mass is 136 g/mol. The van der Waals surface area contributed by atoms with Crippen molar-refractivity contribution in [1.82, 2.24) is 0 Å². The summed E-state index contributed by atoms with van der Waals surface area (Å²) in [5.74, 6) is 1.91. The topological polar surface area (TPSA) is 17.1 Å². The molecule has 0 bridgehead atoms. The first-order valence-corrected chi connectivity index (χ1v) is 4.04. The molecule has 10 heavy (non-hydrogen) atoms. The highest BCUT2D eigenvalue weighted by atomic mass is 16.1. The number of hydrogen-bond donors (Lipinski definition) is 0. The van der Waals surface area contributed by atoms with Crippen LogP contribution in [0.2, 0.25) is 0 Å². The Kier molecular flexibility index (Phi) is 1.37. The summed E-state index contributed by atoms with van der Waals surface area (Å²) in [5.41, 5.74) is 0. The van der Waals surface area contributed by atoms with E-state index in [-0.39, 0.29) is 0 Å². The zero-order valence-corrected chi connectivity index (χ0v) is 6.05. The van der Waals surface area contributed by atoms with Crippen LogP contribution < -0.4 is 0 Å². The number of hydrogen-bond acceptors (Lipinski definition) is 1. The van der Waals surface area contributed by atoms with Gasteiger partial charge in [-0.2, -0.15) is 0 Å². The van der Waals surface area contributed by atoms with Crippen molar-refractivity contribution in [2.75, 3.05) is 0 Å². The van der Waals surface area contributed by atoms with Gasteiger partial charge in [0.05, 0.1) is 0 Å². The lowest BCUT2D eigenvalue weighted by Crippen LogP contribution is -2.20. The van der Waals surface area contributed by atoms with E-state index in [4.69, 9.17) is 0 Å². The van der Waals surface area contributed by atoms with Gasteiger partial charge in [0, 0.05) is 12.8 Å². The molecular formula is C9H12O. The molecule has 1 saturated carbocycles. The quantitative estimate of drug-likeness (QED) is 0.465. The Morgan fingerprint density at radius 3 is 3.30 bits per heavy atom. The third-order valence-corrected chi connectivity index (χ3v) is 2.67. The maximum atomic E-state index is 11.0. The summed E-state index contributed by atoms with van der Waals surface area (Å²) < 4.78 is 0. The largest absolute Gasteiger partial charge is 0.300 e. The normalized spacial score (nSPS) is 38.2. The maximum absolute atomic E-state index is 11.0. The second-order valence-electron chi connectivity index (χ2n) is 3.37. The van der Waals surface area contributed by atoms with E-state index in [0.29, 0.717) is 11.7 Å². The first-order chi connectivity index (χ1) is 4.86. The molecule has 0 N–H and O–H groups in total. The molecule has 0 aromatic rings. The Morgan fingerprint density at radius 1 is 1.50 bits per heavy atom. The summed E-state index contributed by atoms with van der Waals surface area (Å²) in [5, 5.41) is 0. The van der Waals surface area contributed by atoms with Crippen LogP contribution >= 0.6 is 0 Å². The third-order valence-electron chi connectivity index (χ3n) is 2.67. The maximum Gasteiger partial charge on any atom is 0.133 e. The lowest BCUT2D eigenvalue weighted by Gasteiger charge is -2.23. The van der Waals surface area contributed by atoms with Crippen LogP contribution in [0.5, 0.6) is 0 Å². The molecule has 0 amide bonds. The van der Waals surface area contributed by atoms with Crippen LogP contribution in [0.1, 0.15) is 25.7 Å². The van der Waals surface area contributed by atoms with E-state index in [1.54, 1.807) is 0 Å². The Bertz CT molecular complexity index is 181. The minimum atomic E-state index is 0.477. The first kappa shape index (κ1) is 6.14. The zero-order valence-electron chi connectivity index (χ0n) is 6.05. The van der Waals surface area contributed by atoms with Gasteiger partial charge in [0.1, 0.15) is 5.78 Å². The van der Waals surface area contributed by atoms with Gasteiger partial charge in [-0.1, -0.05) is 12.2 Å². The fourth-order valence-electron chi connectivity index (χ4n) is 2.05. The minimum Gasteiger partial charge on any atom is -0.300 e. The van der Waals surface area contributed by atoms with Crippen LogP contribution in [-0.2, 0) is 4.79 Å². The molecule has 2 atom stereocenters. The van der Waals surface area contributed by atoms with Gasteiger partial charge in [-0.05, 0) is 24.7 Å². The fraction of sp³-hybridized carbons (Fsp3) is 0.667. The van der Waals surface area contributed by atoms with Crippen LogP contribution in [-0.4, -0.2) is 5.78 Å². The van der Waals surface area contributed by atoms with Crippen LogP contribution in [0, 0.1) is 11.8 Å². The molecule has 0 heterocycles. The van der Waals surface area contributed by atoms with Crippen LogP contribution in [0.4, 0.5) is 0 Å². The van der Waals surface area contributed by atoms with E-state index < -0.39 is 0 Å². The number of allylic oxidation sites excluding steroid dienone is 2. The van der Waals surface area contributed by atoms with Gasteiger partial charge in [0.2, 0.25) is 0 Å². The lowest BCUT2D eigenvalue weighted by molar-refractivity contribution is -0.122. The van der Waals surface area contributed by atoms with Crippen LogP contribution in [0.15, 0.2) is 12.2 Å². The second-order valence-corrected chi connectivity index (χ2v) is 3.37. The van der Waals surface area contributed by atoms with Crippen LogP contribution in [0.25, 0.3) is 0 Å². The summed E-state index contributed by atoms with van der Waals surface area (Å²) in [4.78, 5) is 11.0. The van der Waals surface area contributed by atoms with E-state index in [0.717, 1.165) is 31.6 Å². The van der Waals surface area contributed by atoms with Gasteiger partial charge in [-0.3, -0.25) is 4.79 Å². The molecular weight excluding hydrogens is 124 g/mol. The molecule has 1 fully saturated rings. The Balaban J connectivity index is 2.07. The van der Waals surface area contributed by atoms with Crippen molar-refractivity contribution < 1.29 is 4.79 Å². The molecule has 0 saturated heterocycles. The Labute approximate surface area is 61.1 Å². The van der Waals surface area contributed by atoms with Crippen molar-refractivity contribution in [3.05, 3.63) is 12.2 Å². The number of carbonyl (C=O) groups is 1. The summed E-state index contributed by atoms with van der Waals surface area (Å²) in [6.45, 7) is 0. The number of Topliss-reactive ketones (excluding diaryl/α,β-unsaturated/α-hetero) is 1. The zero-order chi connectivity index (χ0) is 6.97. The van der Waals surface area contributed by atoms with Crippen molar-refractivity contribution in [1.29, 1.82) is 0 Å². The van der Waals surface area contributed by atoms with E-state index in [9.17, 15) is 4.79 Å². The van der Waals surface area contributed by atoms with Gasteiger partial charge >= 0.3 is 0 Å². The summed E-state index contributed by atoms with van der Waals surface area (Å²) >= 11 is 0. The van der Waals surface area contributed by atoms with Gasteiger partial charge in [-0.15, -0.1) is 0 Å². The molecule has 2 aliphatic carbocycles. The number of carbonyl (C=O) groups excluding carboxylic acids is 1. The predicted octanol–water partition coefficient (Wildman–Crippen LogP) is 1.93. The van der Waals surface area contributed by atoms with Crippen molar-refractivity contribution in [3.8, 4) is 0 Å². The molecule has 0 spiro atoms. The molecule has 0 radical (unpaired) electrons. The average Bonchev–Trinajstić information content (AvgIpc) is 2.33. The second kappa shape index (κ2) is 2.22. The molecule has 2 rings (SSSR count). The fourth-order valence-corrected chi connectivity index (χ4v) is 2.05. The summed E-state index contributed by atoms with van der Waals surface area (Å²) in [6.07, 6.45) is 8.45. The van der Waals surface area contributed by atoms with Gasteiger partial charge < -0.3 is 0 Å². The summed E-state index contributed by atoms with van der Waals surface area (Å²) in [7, 11) is 0. The van der Waals surface area contributed by atoms with E-state index in [1.165, 1.54) is 0 Å². The van der Waals surface area contributed by atoms with Crippen molar-refractivity contribution in [3.63, 3.8) is 0 Å². The van der Waals surface area contributed by atoms with E-state index in [1.807, 2.05) is 0 Å². The minimum absolute atomic E-state index is 0.477. The van der Waals surface area contributed by atoms with Crippen molar-refractivity contribution in [2.45, 2.75) is 25.7 Å². The van der Waals surface area contributed by atoms with Gasteiger partial charge in [0.15, 0.2) is 0 Å². The number of fused-ring (bicyclic) bond motifs is 1. The highest BCUT2D eigenvalue weighted by Gasteiger charge is 2.29. The summed E-state index contributed by atoms with van der Waals surface area (Å²) in [6, 6.07) is 0. The third kappa shape index (κ3) is 0.898. The molecule has 1 nitrogen and oxygen atoms in total. The van der Waals surface area contributed by atoms with Crippen molar-refractivity contribution >= 4 is 5.78 Å². The van der Waals surface area contributed by atoms with Crippen LogP contribution in [0.3, 0.4) is 0 Å².